The molecular weight excluding hydrogens is 656 g/mol. The number of hydrogen-bond donors (Lipinski definition) is 2. The third-order valence-corrected chi connectivity index (χ3v) is 9.77. The maximum absolute atomic E-state index is 12.9. The Morgan fingerprint density at radius 1 is 0.558 bits per heavy atom. The Labute approximate surface area is 311 Å². The number of nitrogens with one attached hydrogen (secondary N) is 2. The van der Waals surface area contributed by atoms with Gasteiger partial charge in [0.05, 0.1) is 23.3 Å². The Morgan fingerprint density at radius 2 is 0.885 bits per heavy atom. The quantitative estimate of drug-likeness (QED) is 0.330. The number of nitrogens with zero attached hydrogens (tertiary/aromatic N) is 2. The van der Waals surface area contributed by atoms with E-state index in [1.54, 1.807) is 64.3 Å². The number of benzene rings is 2. The predicted molar refractivity (Wildman–Crippen MR) is 206 cm³/mol. The summed E-state index contributed by atoms with van der Waals surface area (Å²) in [6.07, 6.45) is 11.3. The van der Waals surface area contributed by atoms with Crippen molar-refractivity contribution in [3.05, 3.63) is 84.0 Å². The van der Waals surface area contributed by atoms with Crippen LogP contribution in [0.25, 0.3) is 0 Å². The Morgan fingerprint density at radius 3 is 1.23 bits per heavy atom. The number of carbonyl (C=O) groups excluding carboxylic acids is 4. The van der Waals surface area contributed by atoms with Crippen molar-refractivity contribution < 1.29 is 28.7 Å². The molecule has 0 unspecified atom stereocenters. The molecule has 10 heteroatoms. The van der Waals surface area contributed by atoms with Gasteiger partial charge >= 0.3 is 0 Å². The number of rotatable bonds is 2. The maximum atomic E-state index is 12.9. The van der Waals surface area contributed by atoms with Crippen molar-refractivity contribution in [1.82, 2.24) is 20.4 Å². The lowest BCUT2D eigenvalue weighted by atomic mass is 9.99. The molecule has 0 saturated heterocycles. The van der Waals surface area contributed by atoms with Crippen LogP contribution in [-0.2, 0) is 9.59 Å². The molecule has 284 valence electrons. The highest BCUT2D eigenvalue weighted by Gasteiger charge is 2.29. The van der Waals surface area contributed by atoms with Crippen LogP contribution < -0.4 is 20.1 Å². The molecule has 6 atom stereocenters. The predicted octanol–water partition coefficient (Wildman–Crippen LogP) is 6.81. The van der Waals surface area contributed by atoms with Crippen LogP contribution in [0.15, 0.2) is 72.8 Å². The van der Waals surface area contributed by atoms with Crippen molar-refractivity contribution in [2.75, 3.05) is 14.1 Å². The average Bonchev–Trinajstić information content (AvgIpc) is 3.11. The molecule has 2 heterocycles. The largest absolute Gasteiger partial charge is 0.490 e. The summed E-state index contributed by atoms with van der Waals surface area (Å²) in [6.45, 7) is 15.8. The molecule has 0 aliphatic carbocycles. The van der Waals surface area contributed by atoms with Gasteiger partial charge in [0.2, 0.25) is 11.8 Å². The fourth-order valence-corrected chi connectivity index (χ4v) is 5.77. The van der Waals surface area contributed by atoms with Crippen LogP contribution in [0.1, 0.15) is 102 Å². The van der Waals surface area contributed by atoms with Gasteiger partial charge in [-0.15, -0.1) is 0 Å². The molecule has 52 heavy (non-hydrogen) atoms. The monoisotopic (exact) mass is 716 g/mol. The van der Waals surface area contributed by atoms with Gasteiger partial charge in [0, 0.05) is 39.0 Å². The summed E-state index contributed by atoms with van der Waals surface area (Å²) < 4.78 is 12.0. The fraction of sp³-hybridized carbons (Fsp3) is 0.524. The highest BCUT2D eigenvalue weighted by Crippen LogP contribution is 2.25. The first-order chi connectivity index (χ1) is 24.6. The second kappa shape index (κ2) is 19.9. The van der Waals surface area contributed by atoms with Gasteiger partial charge in [-0.3, -0.25) is 19.2 Å². The Kier molecular flexibility index (Phi) is 16.0. The number of amides is 4. The smallest absolute Gasteiger partial charge is 0.258 e. The van der Waals surface area contributed by atoms with Crippen LogP contribution >= 0.6 is 0 Å². The topological polar surface area (TPSA) is 117 Å². The summed E-state index contributed by atoms with van der Waals surface area (Å²) in [4.78, 5) is 54.1. The summed E-state index contributed by atoms with van der Waals surface area (Å²) in [5.41, 5.74) is 0.950. The van der Waals surface area contributed by atoms with E-state index in [9.17, 15) is 19.2 Å². The van der Waals surface area contributed by atoms with Crippen molar-refractivity contribution >= 4 is 23.6 Å². The summed E-state index contributed by atoms with van der Waals surface area (Å²) in [5.74, 6) is 0.991. The fourth-order valence-electron chi connectivity index (χ4n) is 5.77. The molecule has 10 nitrogen and oxygen atoms in total. The number of para-hydroxylation sites is 2. The number of carbonyl (C=O) groups is 4. The van der Waals surface area contributed by atoms with E-state index in [1.807, 2.05) is 26.0 Å². The van der Waals surface area contributed by atoms with Gasteiger partial charge in [-0.05, 0) is 76.6 Å². The molecule has 0 spiro atoms. The van der Waals surface area contributed by atoms with E-state index in [2.05, 4.69) is 62.6 Å². The molecule has 4 rings (SSSR count). The van der Waals surface area contributed by atoms with E-state index in [4.69, 9.17) is 9.47 Å². The molecule has 0 bridgehead atoms. The zero-order valence-electron chi connectivity index (χ0n) is 32.7. The molecule has 2 aliphatic rings. The van der Waals surface area contributed by atoms with Gasteiger partial charge < -0.3 is 29.9 Å². The zero-order chi connectivity index (χ0) is 38.5. The average molecular weight is 717 g/mol. The minimum atomic E-state index is -0.568. The van der Waals surface area contributed by atoms with Crippen LogP contribution in [0.2, 0.25) is 0 Å². The third kappa shape index (κ3) is 11.7. The Bertz CT molecular complexity index is 1450. The summed E-state index contributed by atoms with van der Waals surface area (Å²) in [7, 11) is 3.31. The molecule has 2 aromatic rings. The van der Waals surface area contributed by atoms with Crippen molar-refractivity contribution in [2.24, 2.45) is 11.8 Å². The lowest BCUT2D eigenvalue weighted by Crippen LogP contribution is -2.50. The Hall–Kier alpha value is -4.60. The van der Waals surface area contributed by atoms with E-state index in [-0.39, 0.29) is 47.9 Å². The standard InChI is InChI=1S/2C21H30N2O3/c2*1-14(2)18-12-8-6-10-15(3)26-19-13-9-7-11-17(19)21(25)23(5)16(4)20(24)22-18/h2*6-9,11,13-16,18H,10,12H2,1-5H3,(H,22,24)/b8-6+;8-6-/t2*15-,16-,18-/m00/s1. The van der Waals surface area contributed by atoms with E-state index in [1.165, 1.54) is 9.80 Å². The maximum Gasteiger partial charge on any atom is 0.258 e. The molecule has 0 radical (unpaired) electrons. The minimum absolute atomic E-state index is 0.0381. The van der Waals surface area contributed by atoms with Crippen LogP contribution in [0.3, 0.4) is 0 Å². The number of likely N-dealkylation sites (N-methyl/N-ethyl adjacent to an activating group) is 2. The van der Waals surface area contributed by atoms with Gasteiger partial charge in [0.25, 0.3) is 11.8 Å². The van der Waals surface area contributed by atoms with Crippen LogP contribution in [-0.4, -0.2) is 83.9 Å². The van der Waals surface area contributed by atoms with Gasteiger partial charge in [0.15, 0.2) is 0 Å². The second-order valence-corrected chi connectivity index (χ2v) is 14.6. The first kappa shape index (κ1) is 41.8. The van der Waals surface area contributed by atoms with E-state index in [0.717, 1.165) is 25.7 Å². The van der Waals surface area contributed by atoms with Crippen LogP contribution in [0.4, 0.5) is 0 Å². The number of fused-ring (bicyclic) bond motifs is 2. The first-order valence-corrected chi connectivity index (χ1v) is 18.6. The highest BCUT2D eigenvalue weighted by molar-refractivity contribution is 6.00. The van der Waals surface area contributed by atoms with Crippen molar-refractivity contribution in [3.63, 3.8) is 0 Å². The van der Waals surface area contributed by atoms with Crippen molar-refractivity contribution in [3.8, 4) is 11.5 Å². The first-order valence-electron chi connectivity index (χ1n) is 18.6. The van der Waals surface area contributed by atoms with Gasteiger partial charge in [-0.2, -0.15) is 0 Å². The van der Waals surface area contributed by atoms with Crippen molar-refractivity contribution in [2.45, 2.75) is 117 Å². The van der Waals surface area contributed by atoms with Gasteiger partial charge in [-0.1, -0.05) is 76.3 Å². The summed E-state index contributed by atoms with van der Waals surface area (Å²) >= 11 is 0. The van der Waals surface area contributed by atoms with E-state index in [0.29, 0.717) is 34.5 Å². The molecule has 2 N–H and O–H groups in total. The number of hydrogen-bond acceptors (Lipinski definition) is 6. The summed E-state index contributed by atoms with van der Waals surface area (Å²) in [5, 5.41) is 6.18. The van der Waals surface area contributed by atoms with Crippen LogP contribution in [0.5, 0.6) is 11.5 Å². The zero-order valence-corrected chi connectivity index (χ0v) is 32.7. The molecule has 0 saturated carbocycles. The van der Waals surface area contributed by atoms with E-state index < -0.39 is 12.1 Å². The molecule has 4 amide bonds. The molecule has 2 aromatic carbocycles. The SMILES string of the molecule is CC(C)[C@@H]1C/C=C/C[C@H](C)Oc2ccccc2C(=O)N(C)[C@@H](C)C(=O)N1.CC(C)[C@@H]1C/C=C\C[C@H](C)Oc2ccccc2C(=O)N(C)[C@@H](C)C(=O)N1. The highest BCUT2D eigenvalue weighted by atomic mass is 16.5. The number of ether oxygens (including phenoxy) is 2. The van der Waals surface area contributed by atoms with Gasteiger partial charge in [-0.25, -0.2) is 0 Å². The third-order valence-electron chi connectivity index (χ3n) is 9.77. The normalized spacial score (nSPS) is 26.5. The lowest BCUT2D eigenvalue weighted by molar-refractivity contribution is -0.126. The molecular formula is C42H60N4O6. The minimum Gasteiger partial charge on any atom is -0.490 e. The van der Waals surface area contributed by atoms with Crippen molar-refractivity contribution in [1.29, 1.82) is 0 Å². The van der Waals surface area contributed by atoms with Gasteiger partial charge in [0.1, 0.15) is 23.6 Å². The molecule has 0 aromatic heterocycles. The second-order valence-electron chi connectivity index (χ2n) is 14.6. The molecule has 0 fully saturated rings. The molecule has 2 aliphatic heterocycles. The van der Waals surface area contributed by atoms with E-state index >= 15 is 0 Å². The lowest BCUT2D eigenvalue weighted by Gasteiger charge is -2.29. The van der Waals surface area contributed by atoms with Crippen LogP contribution in [0, 0.1) is 11.8 Å². The Balaban J connectivity index is 0.000000280. The summed E-state index contributed by atoms with van der Waals surface area (Å²) in [6, 6.07) is 13.3.